The fraction of sp³-hybridized carbons (Fsp3) is 0.294. The third-order valence-electron chi connectivity index (χ3n) is 3.15. The van der Waals surface area contributed by atoms with E-state index in [0.29, 0.717) is 31.0 Å². The minimum absolute atomic E-state index is 0.254. The highest BCUT2D eigenvalue weighted by atomic mass is 16.5. The molecule has 2 aromatic rings. The molecule has 1 aromatic heterocycles. The third kappa shape index (κ3) is 5.18. The van der Waals surface area contributed by atoms with E-state index in [2.05, 4.69) is 15.6 Å². The van der Waals surface area contributed by atoms with Crippen LogP contribution in [0.3, 0.4) is 0 Å². The maximum absolute atomic E-state index is 11.8. The van der Waals surface area contributed by atoms with E-state index in [0.717, 1.165) is 11.3 Å². The fourth-order valence-electron chi connectivity index (χ4n) is 2.07. The molecule has 122 valence electrons. The average Bonchev–Trinajstić information content (AvgIpc) is 2.57. The van der Waals surface area contributed by atoms with Gasteiger partial charge in [-0.1, -0.05) is 6.07 Å². The first-order chi connectivity index (χ1) is 11.2. The zero-order valence-electron chi connectivity index (χ0n) is 13.3. The molecule has 0 saturated heterocycles. The van der Waals surface area contributed by atoms with Gasteiger partial charge in [0, 0.05) is 12.7 Å². The number of hydrogen-bond donors (Lipinski definition) is 2. The van der Waals surface area contributed by atoms with Crippen LogP contribution >= 0.6 is 0 Å². The van der Waals surface area contributed by atoms with Gasteiger partial charge in [0.15, 0.2) is 11.5 Å². The maximum atomic E-state index is 11.8. The number of benzene rings is 1. The molecule has 0 spiro atoms. The second kappa shape index (κ2) is 8.63. The molecule has 0 radical (unpaired) electrons. The van der Waals surface area contributed by atoms with Crippen LogP contribution in [0.4, 0.5) is 10.5 Å². The van der Waals surface area contributed by atoms with Gasteiger partial charge in [-0.3, -0.25) is 4.98 Å². The minimum atomic E-state index is -0.254. The summed E-state index contributed by atoms with van der Waals surface area (Å²) in [6, 6.07) is 9.06. The Morgan fingerprint density at radius 1 is 1.26 bits per heavy atom. The second-order valence-corrected chi connectivity index (χ2v) is 4.79. The largest absolute Gasteiger partial charge is 0.493 e. The Bertz CT molecular complexity index is 632. The lowest BCUT2D eigenvalue weighted by atomic mass is 10.1. The molecule has 6 heteroatoms. The van der Waals surface area contributed by atoms with E-state index in [-0.39, 0.29) is 6.03 Å². The molecule has 2 rings (SSSR count). The predicted octanol–water partition coefficient (Wildman–Crippen LogP) is 2.85. The number of carbonyl (C=O) groups excluding carboxylic acids is 1. The van der Waals surface area contributed by atoms with Gasteiger partial charge in [0.25, 0.3) is 0 Å². The molecule has 0 bridgehead atoms. The van der Waals surface area contributed by atoms with E-state index in [1.165, 1.54) is 0 Å². The van der Waals surface area contributed by atoms with Crippen LogP contribution in [0.15, 0.2) is 42.7 Å². The number of aromatic nitrogens is 1. The summed E-state index contributed by atoms with van der Waals surface area (Å²) >= 11 is 0. The van der Waals surface area contributed by atoms with Crippen LogP contribution in [0.5, 0.6) is 11.5 Å². The van der Waals surface area contributed by atoms with Gasteiger partial charge >= 0.3 is 6.03 Å². The number of urea groups is 1. The highest BCUT2D eigenvalue weighted by Crippen LogP contribution is 2.28. The summed E-state index contributed by atoms with van der Waals surface area (Å²) in [5, 5.41) is 5.53. The molecular weight excluding hydrogens is 294 g/mol. The molecule has 0 aliphatic heterocycles. The molecule has 0 aliphatic rings. The van der Waals surface area contributed by atoms with Gasteiger partial charge < -0.3 is 20.1 Å². The molecule has 0 unspecified atom stereocenters. The van der Waals surface area contributed by atoms with Crippen molar-refractivity contribution in [1.29, 1.82) is 0 Å². The van der Waals surface area contributed by atoms with E-state index >= 15 is 0 Å². The van der Waals surface area contributed by atoms with Crippen molar-refractivity contribution in [3.05, 3.63) is 48.3 Å². The summed E-state index contributed by atoms with van der Waals surface area (Å²) in [6.45, 7) is 3.03. The molecular formula is C17H21N3O3. The van der Waals surface area contributed by atoms with Crippen molar-refractivity contribution >= 4 is 11.7 Å². The number of carbonyl (C=O) groups is 1. The molecule has 0 saturated carbocycles. The lowest BCUT2D eigenvalue weighted by Gasteiger charge is -2.11. The van der Waals surface area contributed by atoms with Gasteiger partial charge in [0.2, 0.25) is 0 Å². The van der Waals surface area contributed by atoms with Gasteiger partial charge in [-0.25, -0.2) is 4.79 Å². The first-order valence-electron chi connectivity index (χ1n) is 7.47. The number of ether oxygens (including phenoxy) is 2. The third-order valence-corrected chi connectivity index (χ3v) is 3.15. The second-order valence-electron chi connectivity index (χ2n) is 4.79. The van der Waals surface area contributed by atoms with E-state index in [1.54, 1.807) is 31.6 Å². The number of pyridine rings is 1. The Morgan fingerprint density at radius 3 is 2.83 bits per heavy atom. The van der Waals surface area contributed by atoms with E-state index in [4.69, 9.17) is 9.47 Å². The summed E-state index contributed by atoms with van der Waals surface area (Å²) in [4.78, 5) is 15.7. The Morgan fingerprint density at radius 2 is 2.13 bits per heavy atom. The number of amides is 2. The molecule has 0 fully saturated rings. The lowest BCUT2D eigenvalue weighted by Crippen LogP contribution is -2.30. The SMILES string of the molecule is CCOc1ccc(CCNC(=O)Nc2cccnc2)cc1OC. The zero-order valence-corrected chi connectivity index (χ0v) is 13.3. The average molecular weight is 315 g/mol. The topological polar surface area (TPSA) is 72.5 Å². The highest BCUT2D eigenvalue weighted by molar-refractivity contribution is 5.88. The van der Waals surface area contributed by atoms with Crippen molar-refractivity contribution in [3.8, 4) is 11.5 Å². The quantitative estimate of drug-likeness (QED) is 0.824. The van der Waals surface area contributed by atoms with Gasteiger partial charge in [-0.2, -0.15) is 0 Å². The lowest BCUT2D eigenvalue weighted by molar-refractivity contribution is 0.252. The van der Waals surface area contributed by atoms with E-state index in [9.17, 15) is 4.79 Å². The van der Waals surface area contributed by atoms with Crippen molar-refractivity contribution < 1.29 is 14.3 Å². The predicted molar refractivity (Wildman–Crippen MR) is 89.1 cm³/mol. The molecule has 2 N–H and O–H groups in total. The normalized spacial score (nSPS) is 10.0. The van der Waals surface area contributed by atoms with Gasteiger partial charge in [0.1, 0.15) is 0 Å². The molecule has 0 atom stereocenters. The highest BCUT2D eigenvalue weighted by Gasteiger charge is 2.06. The van der Waals surface area contributed by atoms with Crippen LogP contribution in [0, 0.1) is 0 Å². The monoisotopic (exact) mass is 315 g/mol. The van der Waals surface area contributed by atoms with Crippen molar-refractivity contribution in [2.75, 3.05) is 25.6 Å². The molecule has 0 aliphatic carbocycles. The van der Waals surface area contributed by atoms with E-state index in [1.807, 2.05) is 25.1 Å². The van der Waals surface area contributed by atoms with Crippen molar-refractivity contribution in [2.24, 2.45) is 0 Å². The van der Waals surface area contributed by atoms with Gasteiger partial charge in [-0.05, 0) is 43.2 Å². The van der Waals surface area contributed by atoms with Crippen molar-refractivity contribution in [3.63, 3.8) is 0 Å². The number of rotatable bonds is 7. The molecule has 1 heterocycles. The number of methoxy groups -OCH3 is 1. The summed E-state index contributed by atoms with van der Waals surface area (Å²) in [6.07, 6.45) is 3.95. The maximum Gasteiger partial charge on any atom is 0.319 e. The van der Waals surface area contributed by atoms with Crippen LogP contribution in [0.2, 0.25) is 0 Å². The number of nitrogens with one attached hydrogen (secondary N) is 2. The first kappa shape index (κ1) is 16.6. The number of hydrogen-bond acceptors (Lipinski definition) is 4. The molecule has 23 heavy (non-hydrogen) atoms. The van der Waals surface area contributed by atoms with Crippen LogP contribution in [-0.4, -0.2) is 31.3 Å². The van der Waals surface area contributed by atoms with Gasteiger partial charge in [-0.15, -0.1) is 0 Å². The first-order valence-corrected chi connectivity index (χ1v) is 7.47. The number of nitrogens with zero attached hydrogens (tertiary/aromatic N) is 1. The fourth-order valence-corrected chi connectivity index (χ4v) is 2.07. The molecule has 2 amide bonds. The van der Waals surface area contributed by atoms with Crippen LogP contribution in [0.1, 0.15) is 12.5 Å². The standard InChI is InChI=1S/C17H21N3O3/c1-3-23-15-7-6-13(11-16(15)22-2)8-10-19-17(21)20-14-5-4-9-18-12-14/h4-7,9,11-12H,3,8,10H2,1-2H3,(H2,19,20,21). The minimum Gasteiger partial charge on any atom is -0.493 e. The molecule has 6 nitrogen and oxygen atoms in total. The zero-order chi connectivity index (χ0) is 16.5. The van der Waals surface area contributed by atoms with Crippen LogP contribution < -0.4 is 20.1 Å². The summed E-state index contributed by atoms with van der Waals surface area (Å²) in [5.41, 5.74) is 1.72. The van der Waals surface area contributed by atoms with Crippen LogP contribution in [0.25, 0.3) is 0 Å². The molecule has 1 aromatic carbocycles. The summed E-state index contributed by atoms with van der Waals surface area (Å²) in [7, 11) is 1.61. The Hall–Kier alpha value is -2.76. The smallest absolute Gasteiger partial charge is 0.319 e. The summed E-state index contributed by atoms with van der Waals surface area (Å²) in [5.74, 6) is 1.42. The Balaban J connectivity index is 1.82. The number of anilines is 1. The van der Waals surface area contributed by atoms with Crippen molar-refractivity contribution in [1.82, 2.24) is 10.3 Å². The Labute approximate surface area is 135 Å². The van der Waals surface area contributed by atoms with Crippen LogP contribution in [-0.2, 0) is 6.42 Å². The van der Waals surface area contributed by atoms with Crippen molar-refractivity contribution in [2.45, 2.75) is 13.3 Å². The summed E-state index contributed by atoms with van der Waals surface area (Å²) < 4.78 is 10.8. The Kier molecular flexibility index (Phi) is 6.23. The van der Waals surface area contributed by atoms with E-state index < -0.39 is 0 Å². The van der Waals surface area contributed by atoms with Gasteiger partial charge in [0.05, 0.1) is 25.6 Å².